The van der Waals surface area contributed by atoms with Crippen LogP contribution >= 0.6 is 0 Å². The maximum absolute atomic E-state index is 12.0. The second kappa shape index (κ2) is 6.38. The normalized spacial score (nSPS) is 20.8. The molecule has 106 valence electrons. The molecule has 7 nitrogen and oxygen atoms in total. The molecule has 0 saturated heterocycles. The Labute approximate surface area is 116 Å². The molecule has 1 aliphatic rings. The minimum absolute atomic E-state index is 0.209. The van der Waals surface area contributed by atoms with Crippen molar-refractivity contribution in [1.29, 1.82) is 0 Å². The third-order valence-corrected chi connectivity index (χ3v) is 3.40. The summed E-state index contributed by atoms with van der Waals surface area (Å²) in [7, 11) is 0. The summed E-state index contributed by atoms with van der Waals surface area (Å²) in [5.41, 5.74) is 14.6. The molecule has 0 bridgehead atoms. The van der Waals surface area contributed by atoms with Crippen molar-refractivity contribution in [2.75, 3.05) is 19.7 Å². The number of hydrogen-bond donors (Lipinski definition) is 2. The van der Waals surface area contributed by atoms with Gasteiger partial charge in [-0.25, -0.2) is 0 Å². The predicted molar refractivity (Wildman–Crippen MR) is 73.6 cm³/mol. The molecule has 2 rings (SSSR count). The van der Waals surface area contributed by atoms with Crippen LogP contribution in [0.1, 0.15) is 17.5 Å². The Morgan fingerprint density at radius 3 is 3.10 bits per heavy atom. The predicted octanol–water partition coefficient (Wildman–Crippen LogP) is 1.19. The van der Waals surface area contributed by atoms with E-state index in [4.69, 9.17) is 16.0 Å². The number of amides is 1. The van der Waals surface area contributed by atoms with Crippen LogP contribution in [0.4, 0.5) is 0 Å². The number of ether oxygens (including phenoxy) is 1. The van der Waals surface area contributed by atoms with Crippen LogP contribution in [0.2, 0.25) is 0 Å². The zero-order valence-corrected chi connectivity index (χ0v) is 11.1. The number of rotatable bonds is 6. The molecule has 0 aromatic heterocycles. The molecule has 20 heavy (non-hydrogen) atoms. The average Bonchev–Trinajstić information content (AvgIpc) is 2.47. The molecule has 1 atom stereocenters. The highest BCUT2D eigenvalue weighted by Crippen LogP contribution is 2.30. The molecule has 0 aliphatic carbocycles. The molecular weight excluding hydrogens is 258 g/mol. The fourth-order valence-electron chi connectivity index (χ4n) is 2.39. The molecule has 1 heterocycles. The van der Waals surface area contributed by atoms with E-state index in [-0.39, 0.29) is 6.61 Å². The van der Waals surface area contributed by atoms with E-state index in [1.807, 2.05) is 24.3 Å². The third-order valence-electron chi connectivity index (χ3n) is 3.40. The Bertz CT molecular complexity index is 541. The minimum atomic E-state index is -1.01. The molecule has 3 N–H and O–H groups in total. The molecule has 0 radical (unpaired) electrons. The van der Waals surface area contributed by atoms with Gasteiger partial charge in [0.1, 0.15) is 5.54 Å². The van der Waals surface area contributed by atoms with Crippen LogP contribution < -0.4 is 11.1 Å². The SMILES string of the molecule is [N-]=[N+]=NCCCNC1(C(N)=O)COCc2ccccc21. The second-order valence-corrected chi connectivity index (χ2v) is 4.65. The van der Waals surface area contributed by atoms with E-state index in [9.17, 15) is 4.79 Å². The number of benzene rings is 1. The van der Waals surface area contributed by atoms with Crippen molar-refractivity contribution in [2.24, 2.45) is 10.8 Å². The first-order valence-corrected chi connectivity index (χ1v) is 6.42. The van der Waals surface area contributed by atoms with E-state index < -0.39 is 11.4 Å². The van der Waals surface area contributed by atoms with Gasteiger partial charge in [0.15, 0.2) is 0 Å². The Hall–Kier alpha value is -2.08. The zero-order chi connectivity index (χ0) is 14.4. The molecule has 7 heteroatoms. The highest BCUT2D eigenvalue weighted by molar-refractivity contribution is 5.87. The van der Waals surface area contributed by atoms with Crippen molar-refractivity contribution in [3.8, 4) is 0 Å². The van der Waals surface area contributed by atoms with E-state index >= 15 is 0 Å². The van der Waals surface area contributed by atoms with Crippen LogP contribution in [-0.4, -0.2) is 25.6 Å². The van der Waals surface area contributed by atoms with Gasteiger partial charge in [-0.15, -0.1) is 0 Å². The van der Waals surface area contributed by atoms with Crippen molar-refractivity contribution in [3.05, 3.63) is 45.8 Å². The summed E-state index contributed by atoms with van der Waals surface area (Å²) in [6, 6.07) is 7.60. The van der Waals surface area contributed by atoms with E-state index in [0.717, 1.165) is 11.1 Å². The monoisotopic (exact) mass is 275 g/mol. The Morgan fingerprint density at radius 2 is 2.35 bits per heavy atom. The molecule has 1 aromatic rings. The standard InChI is InChI=1S/C13H17N5O2/c14-12(19)13(16-6-3-7-17-18-15)9-20-8-10-4-1-2-5-11(10)13/h1-2,4-5,16H,3,6-9H2,(H2,14,19). The molecule has 1 aromatic carbocycles. The molecule has 0 fully saturated rings. The van der Waals surface area contributed by atoms with E-state index in [1.165, 1.54) is 0 Å². The molecule has 1 unspecified atom stereocenters. The lowest BCUT2D eigenvalue weighted by Gasteiger charge is -2.37. The molecule has 0 spiro atoms. The first-order chi connectivity index (χ1) is 9.70. The molecule has 1 amide bonds. The van der Waals surface area contributed by atoms with Gasteiger partial charge in [-0.2, -0.15) is 0 Å². The van der Waals surface area contributed by atoms with E-state index in [2.05, 4.69) is 15.3 Å². The first-order valence-electron chi connectivity index (χ1n) is 6.42. The van der Waals surface area contributed by atoms with Crippen LogP contribution in [0.15, 0.2) is 29.4 Å². The van der Waals surface area contributed by atoms with Gasteiger partial charge >= 0.3 is 0 Å². The minimum Gasteiger partial charge on any atom is -0.374 e. The second-order valence-electron chi connectivity index (χ2n) is 4.65. The van der Waals surface area contributed by atoms with Crippen LogP contribution in [0.25, 0.3) is 10.4 Å². The quantitative estimate of drug-likeness (QED) is 0.352. The Morgan fingerprint density at radius 1 is 1.55 bits per heavy atom. The number of fused-ring (bicyclic) bond motifs is 1. The van der Waals surface area contributed by atoms with Gasteiger partial charge in [-0.05, 0) is 29.6 Å². The number of primary amides is 1. The lowest BCUT2D eigenvalue weighted by atomic mass is 9.84. The van der Waals surface area contributed by atoms with E-state index in [1.54, 1.807) is 0 Å². The number of carbonyl (C=O) groups excluding carboxylic acids is 1. The topological polar surface area (TPSA) is 113 Å². The summed E-state index contributed by atoms with van der Waals surface area (Å²) in [6.45, 7) is 1.58. The fraction of sp³-hybridized carbons (Fsp3) is 0.462. The van der Waals surface area contributed by atoms with Crippen LogP contribution in [0, 0.1) is 0 Å². The van der Waals surface area contributed by atoms with Gasteiger partial charge < -0.3 is 10.5 Å². The summed E-state index contributed by atoms with van der Waals surface area (Å²) in [5, 5.41) is 6.63. The van der Waals surface area contributed by atoms with Crippen molar-refractivity contribution < 1.29 is 9.53 Å². The highest BCUT2D eigenvalue weighted by Gasteiger charge is 2.42. The smallest absolute Gasteiger partial charge is 0.244 e. The summed E-state index contributed by atoms with van der Waals surface area (Å²) in [6.07, 6.45) is 0.626. The Balaban J connectivity index is 2.18. The van der Waals surface area contributed by atoms with Crippen LogP contribution in [0.5, 0.6) is 0 Å². The van der Waals surface area contributed by atoms with Crippen molar-refractivity contribution in [1.82, 2.24) is 5.32 Å². The number of nitrogens with zero attached hydrogens (tertiary/aromatic N) is 3. The van der Waals surface area contributed by atoms with Crippen LogP contribution in [0.3, 0.4) is 0 Å². The Kier molecular flexibility index (Phi) is 4.57. The number of nitrogens with one attached hydrogen (secondary N) is 1. The molecule has 0 saturated carbocycles. The van der Waals surface area contributed by atoms with Crippen molar-refractivity contribution in [2.45, 2.75) is 18.6 Å². The number of carbonyl (C=O) groups is 1. The number of nitrogens with two attached hydrogens (primary N) is 1. The van der Waals surface area contributed by atoms with Gasteiger partial charge in [0.25, 0.3) is 0 Å². The van der Waals surface area contributed by atoms with Gasteiger partial charge in [0, 0.05) is 11.5 Å². The van der Waals surface area contributed by atoms with Crippen molar-refractivity contribution >= 4 is 5.91 Å². The number of azide groups is 1. The van der Waals surface area contributed by atoms with Crippen LogP contribution in [-0.2, 0) is 21.7 Å². The highest BCUT2D eigenvalue weighted by atomic mass is 16.5. The van der Waals surface area contributed by atoms with E-state index in [0.29, 0.717) is 26.1 Å². The molecule has 1 aliphatic heterocycles. The third kappa shape index (κ3) is 2.75. The maximum atomic E-state index is 12.0. The van der Waals surface area contributed by atoms with Gasteiger partial charge in [0.2, 0.25) is 5.91 Å². The largest absolute Gasteiger partial charge is 0.374 e. The zero-order valence-electron chi connectivity index (χ0n) is 11.1. The average molecular weight is 275 g/mol. The first kappa shape index (κ1) is 14.3. The molecular formula is C13H17N5O2. The lowest BCUT2D eigenvalue weighted by Crippen LogP contribution is -2.58. The number of hydrogen-bond acceptors (Lipinski definition) is 4. The van der Waals surface area contributed by atoms with Gasteiger partial charge in [-0.1, -0.05) is 29.4 Å². The summed E-state index contributed by atoms with van der Waals surface area (Å²) >= 11 is 0. The van der Waals surface area contributed by atoms with Crippen molar-refractivity contribution in [3.63, 3.8) is 0 Å². The summed E-state index contributed by atoms with van der Waals surface area (Å²) in [5.74, 6) is -0.464. The lowest BCUT2D eigenvalue weighted by molar-refractivity contribution is -0.129. The summed E-state index contributed by atoms with van der Waals surface area (Å²) < 4.78 is 5.51. The van der Waals surface area contributed by atoms with Gasteiger partial charge in [0.05, 0.1) is 13.2 Å². The summed E-state index contributed by atoms with van der Waals surface area (Å²) in [4.78, 5) is 14.6. The fourth-order valence-corrected chi connectivity index (χ4v) is 2.39. The van der Waals surface area contributed by atoms with Gasteiger partial charge in [-0.3, -0.25) is 10.1 Å². The maximum Gasteiger partial charge on any atom is 0.244 e.